The Morgan fingerprint density at radius 3 is 2.37 bits per heavy atom. The van der Waals surface area contributed by atoms with E-state index in [0.29, 0.717) is 29.8 Å². The van der Waals surface area contributed by atoms with E-state index in [2.05, 4.69) is 20.3 Å². The minimum Gasteiger partial charge on any atom is -0.357 e. The number of hydrogen-bond donors (Lipinski definition) is 3. The van der Waals surface area contributed by atoms with Crippen LogP contribution in [0.1, 0.15) is 18.1 Å². The van der Waals surface area contributed by atoms with Gasteiger partial charge in [-0.3, -0.25) is 4.72 Å². The zero-order valence-corrected chi connectivity index (χ0v) is 19.1. The van der Waals surface area contributed by atoms with Gasteiger partial charge in [0.25, 0.3) is 0 Å². The van der Waals surface area contributed by atoms with Gasteiger partial charge in [-0.05, 0) is 36.2 Å². The van der Waals surface area contributed by atoms with Crippen LogP contribution >= 0.6 is 35.6 Å². The second-order valence-corrected chi connectivity index (χ2v) is 7.89. The average Bonchev–Trinajstić information content (AvgIpc) is 2.58. The summed E-state index contributed by atoms with van der Waals surface area (Å²) >= 11 is 5.89. The van der Waals surface area contributed by atoms with Crippen LogP contribution in [-0.2, 0) is 23.1 Å². The van der Waals surface area contributed by atoms with E-state index in [1.165, 1.54) is 0 Å². The Bertz CT molecular complexity index is 858. The highest BCUT2D eigenvalue weighted by atomic mass is 127. The third-order valence-electron chi connectivity index (χ3n) is 3.44. The lowest BCUT2D eigenvalue weighted by atomic mass is 10.2. The number of guanidine groups is 1. The highest BCUT2D eigenvalue weighted by Crippen LogP contribution is 2.16. The van der Waals surface area contributed by atoms with E-state index in [-0.39, 0.29) is 24.0 Å². The first kappa shape index (κ1) is 23.5. The number of hydrogen-bond acceptors (Lipinski definition) is 3. The van der Waals surface area contributed by atoms with Crippen LogP contribution in [0.2, 0.25) is 5.02 Å². The predicted molar refractivity (Wildman–Crippen MR) is 123 cm³/mol. The zero-order valence-electron chi connectivity index (χ0n) is 15.2. The van der Waals surface area contributed by atoms with Gasteiger partial charge in [0.15, 0.2) is 5.96 Å². The molecule has 27 heavy (non-hydrogen) atoms. The van der Waals surface area contributed by atoms with E-state index in [9.17, 15) is 8.42 Å². The monoisotopic (exact) mass is 522 g/mol. The third kappa shape index (κ3) is 8.81. The number of anilines is 1. The molecule has 0 aliphatic carbocycles. The number of nitrogens with zero attached hydrogens (tertiary/aromatic N) is 1. The molecule has 9 heteroatoms. The summed E-state index contributed by atoms with van der Waals surface area (Å²) in [6.07, 6.45) is 1.13. The largest absolute Gasteiger partial charge is 0.357 e. The number of halogens is 2. The second-order valence-electron chi connectivity index (χ2n) is 5.71. The van der Waals surface area contributed by atoms with Gasteiger partial charge >= 0.3 is 0 Å². The molecule has 2 aromatic carbocycles. The Balaban J connectivity index is 0.00000364. The van der Waals surface area contributed by atoms with Gasteiger partial charge in [0.1, 0.15) is 0 Å². The first-order valence-corrected chi connectivity index (χ1v) is 10.5. The third-order valence-corrected chi connectivity index (χ3v) is 4.28. The highest BCUT2D eigenvalue weighted by Gasteiger charge is 2.07. The van der Waals surface area contributed by atoms with Crippen molar-refractivity contribution in [3.63, 3.8) is 0 Å². The molecule has 2 aromatic rings. The van der Waals surface area contributed by atoms with Crippen LogP contribution in [0.4, 0.5) is 5.69 Å². The van der Waals surface area contributed by atoms with Crippen LogP contribution in [0.5, 0.6) is 0 Å². The quantitative estimate of drug-likeness (QED) is 0.295. The molecule has 0 aliphatic heterocycles. The van der Waals surface area contributed by atoms with Crippen molar-refractivity contribution in [2.24, 2.45) is 4.99 Å². The number of benzene rings is 2. The normalized spacial score (nSPS) is 11.4. The number of aliphatic imine (C=N–C) groups is 1. The smallest absolute Gasteiger partial charge is 0.229 e. The summed E-state index contributed by atoms with van der Waals surface area (Å²) in [5.74, 6) is 0.650. The van der Waals surface area contributed by atoms with Gasteiger partial charge in [0.05, 0.1) is 18.5 Å². The molecule has 0 fully saturated rings. The van der Waals surface area contributed by atoms with Gasteiger partial charge < -0.3 is 10.6 Å². The maximum atomic E-state index is 11.5. The Labute approximate surface area is 182 Å². The Kier molecular flexibility index (Phi) is 9.89. The molecular weight excluding hydrogens is 499 g/mol. The number of rotatable bonds is 7. The molecule has 0 bridgehead atoms. The topological polar surface area (TPSA) is 82.6 Å². The fraction of sp³-hybridized carbons (Fsp3) is 0.278. The summed E-state index contributed by atoms with van der Waals surface area (Å²) in [5, 5.41) is 7.09. The Hall–Kier alpha value is -1.52. The molecule has 0 heterocycles. The summed E-state index contributed by atoms with van der Waals surface area (Å²) in [6, 6.07) is 14.8. The first-order valence-electron chi connectivity index (χ1n) is 8.19. The number of para-hydroxylation sites is 1. The maximum Gasteiger partial charge on any atom is 0.229 e. The van der Waals surface area contributed by atoms with Crippen LogP contribution in [0, 0.1) is 0 Å². The van der Waals surface area contributed by atoms with Gasteiger partial charge in [-0.2, -0.15) is 0 Å². The molecule has 6 nitrogen and oxygen atoms in total. The van der Waals surface area contributed by atoms with E-state index in [1.54, 1.807) is 12.1 Å². The molecule has 3 N–H and O–H groups in total. The van der Waals surface area contributed by atoms with E-state index >= 15 is 0 Å². The summed E-state index contributed by atoms with van der Waals surface area (Å²) in [6.45, 7) is 3.65. The highest BCUT2D eigenvalue weighted by molar-refractivity contribution is 14.0. The molecule has 0 saturated heterocycles. The minimum absolute atomic E-state index is 0. The molecule has 0 atom stereocenters. The average molecular weight is 523 g/mol. The minimum atomic E-state index is -3.33. The molecule has 0 unspecified atom stereocenters. The summed E-state index contributed by atoms with van der Waals surface area (Å²) < 4.78 is 25.5. The predicted octanol–water partition coefficient (Wildman–Crippen LogP) is 3.58. The van der Waals surface area contributed by atoms with Crippen LogP contribution in [0.3, 0.4) is 0 Å². The molecule has 0 aliphatic rings. The van der Waals surface area contributed by atoms with Crippen LogP contribution in [-0.4, -0.2) is 27.2 Å². The van der Waals surface area contributed by atoms with Crippen molar-refractivity contribution in [3.05, 3.63) is 64.7 Å². The summed E-state index contributed by atoms with van der Waals surface area (Å²) in [5.41, 5.74) is 2.43. The van der Waals surface area contributed by atoms with Crippen molar-refractivity contribution in [1.29, 1.82) is 0 Å². The van der Waals surface area contributed by atoms with Crippen molar-refractivity contribution in [2.75, 3.05) is 17.5 Å². The van der Waals surface area contributed by atoms with E-state index in [1.807, 2.05) is 43.3 Å². The lowest BCUT2D eigenvalue weighted by Gasteiger charge is -2.14. The van der Waals surface area contributed by atoms with Crippen molar-refractivity contribution in [2.45, 2.75) is 20.0 Å². The Morgan fingerprint density at radius 2 is 1.74 bits per heavy atom. The maximum absolute atomic E-state index is 11.5. The summed E-state index contributed by atoms with van der Waals surface area (Å²) in [7, 11) is -3.33. The molecule has 148 valence electrons. The lowest BCUT2D eigenvalue weighted by molar-refractivity contribution is 0.606. The van der Waals surface area contributed by atoms with Gasteiger partial charge in [0.2, 0.25) is 10.0 Å². The first-order chi connectivity index (χ1) is 12.4. The van der Waals surface area contributed by atoms with E-state index in [0.717, 1.165) is 23.9 Å². The zero-order chi connectivity index (χ0) is 19.0. The fourth-order valence-corrected chi connectivity index (χ4v) is 2.98. The van der Waals surface area contributed by atoms with Crippen LogP contribution in [0.25, 0.3) is 0 Å². The lowest BCUT2D eigenvalue weighted by Crippen LogP contribution is -2.37. The second kappa shape index (κ2) is 11.4. The van der Waals surface area contributed by atoms with E-state index < -0.39 is 10.0 Å². The van der Waals surface area contributed by atoms with Crippen molar-refractivity contribution >= 4 is 57.2 Å². The van der Waals surface area contributed by atoms with Crippen LogP contribution < -0.4 is 15.4 Å². The van der Waals surface area contributed by atoms with Crippen molar-refractivity contribution in [1.82, 2.24) is 10.6 Å². The SMILES string of the molecule is CCNC(=NCc1ccc(Cl)cc1)NCc1ccccc1NS(C)(=O)=O.I. The molecule has 0 spiro atoms. The number of nitrogens with one attached hydrogen (secondary N) is 3. The van der Waals surface area contributed by atoms with Crippen LogP contribution in [0.15, 0.2) is 53.5 Å². The van der Waals surface area contributed by atoms with Gasteiger partial charge in [-0.25, -0.2) is 13.4 Å². The standard InChI is InChI=1S/C18H23ClN4O2S.HI/c1-3-20-18(21-12-14-8-10-16(19)11-9-14)22-13-15-6-4-5-7-17(15)23-26(2,24)25;/h4-11,23H,3,12-13H2,1-2H3,(H2,20,21,22);1H. The molecule has 0 radical (unpaired) electrons. The molecule has 0 amide bonds. The van der Waals surface area contributed by atoms with Gasteiger partial charge in [0, 0.05) is 18.1 Å². The molecule has 2 rings (SSSR count). The van der Waals surface area contributed by atoms with Gasteiger partial charge in [-0.1, -0.05) is 41.9 Å². The van der Waals surface area contributed by atoms with Crippen molar-refractivity contribution in [3.8, 4) is 0 Å². The van der Waals surface area contributed by atoms with Crippen molar-refractivity contribution < 1.29 is 8.42 Å². The van der Waals surface area contributed by atoms with Gasteiger partial charge in [-0.15, -0.1) is 24.0 Å². The molecule has 0 saturated carbocycles. The summed E-state index contributed by atoms with van der Waals surface area (Å²) in [4.78, 5) is 4.55. The molecular formula is C18H24ClIN4O2S. The Morgan fingerprint density at radius 1 is 1.07 bits per heavy atom. The van der Waals surface area contributed by atoms with E-state index in [4.69, 9.17) is 11.6 Å². The fourth-order valence-electron chi connectivity index (χ4n) is 2.25. The molecule has 0 aromatic heterocycles. The number of sulfonamides is 1.